The maximum absolute atomic E-state index is 12.2. The van der Waals surface area contributed by atoms with Crippen LogP contribution in [0.4, 0.5) is 0 Å². The van der Waals surface area contributed by atoms with Crippen molar-refractivity contribution >= 4 is 29.3 Å². The van der Waals surface area contributed by atoms with Crippen LogP contribution in [0.15, 0.2) is 59.8 Å². The number of rotatable bonds is 9. The maximum Gasteiger partial charge on any atom is 0.230 e. The summed E-state index contributed by atoms with van der Waals surface area (Å²) in [6.45, 7) is 2.99. The largest absolute Gasteiger partial charge is 0.383 e. The van der Waals surface area contributed by atoms with Gasteiger partial charge < -0.3 is 10.1 Å². The van der Waals surface area contributed by atoms with Crippen LogP contribution in [0, 0.1) is 0 Å². The summed E-state index contributed by atoms with van der Waals surface area (Å²) in [5.74, 6) is 0.921. The molecule has 1 N–H and O–H groups in total. The Labute approximate surface area is 179 Å². The Morgan fingerprint density at radius 3 is 2.59 bits per heavy atom. The maximum atomic E-state index is 12.2. The second-order valence-corrected chi connectivity index (χ2v) is 7.98. The lowest BCUT2D eigenvalue weighted by Crippen LogP contribution is -2.36. The predicted octanol–water partition coefficient (Wildman–Crippen LogP) is 3.89. The first-order chi connectivity index (χ1) is 14.1. The lowest BCUT2D eigenvalue weighted by molar-refractivity contribution is -0.119. The van der Waals surface area contributed by atoms with E-state index in [0.717, 1.165) is 17.0 Å². The number of nitrogens with one attached hydrogen (secondary N) is 1. The van der Waals surface area contributed by atoms with Crippen molar-refractivity contribution in [2.45, 2.75) is 24.7 Å². The van der Waals surface area contributed by atoms with E-state index in [2.05, 4.69) is 27.6 Å². The number of ether oxygens (including phenoxy) is 1. The van der Waals surface area contributed by atoms with Gasteiger partial charge in [0, 0.05) is 23.7 Å². The standard InChI is InChI=1S/C21H23ClN4O2S/c1-15(13-28-2)23-19(27)14-29-21-25-24-20(17-8-10-18(22)11-9-17)26(21)12-16-6-4-3-5-7-16/h3-11,15H,12-14H2,1-2H3,(H,23,27). The molecule has 1 heterocycles. The fourth-order valence-corrected chi connectivity index (χ4v) is 3.73. The van der Waals surface area contributed by atoms with E-state index in [9.17, 15) is 4.79 Å². The van der Waals surface area contributed by atoms with Crippen molar-refractivity contribution in [3.05, 3.63) is 65.2 Å². The van der Waals surface area contributed by atoms with Gasteiger partial charge in [0.1, 0.15) is 0 Å². The highest BCUT2D eigenvalue weighted by molar-refractivity contribution is 7.99. The molecule has 1 amide bonds. The van der Waals surface area contributed by atoms with Crippen molar-refractivity contribution in [1.82, 2.24) is 20.1 Å². The molecule has 152 valence electrons. The van der Waals surface area contributed by atoms with Crippen LogP contribution in [0.25, 0.3) is 11.4 Å². The third-order valence-corrected chi connectivity index (χ3v) is 5.38. The number of benzene rings is 2. The summed E-state index contributed by atoms with van der Waals surface area (Å²) in [6.07, 6.45) is 0. The normalized spacial score (nSPS) is 12.0. The third-order valence-electron chi connectivity index (χ3n) is 4.16. The molecule has 1 atom stereocenters. The van der Waals surface area contributed by atoms with Crippen LogP contribution in [-0.2, 0) is 16.1 Å². The monoisotopic (exact) mass is 430 g/mol. The first kappa shape index (κ1) is 21.4. The molecule has 0 fully saturated rings. The molecule has 3 aromatic rings. The number of thioether (sulfide) groups is 1. The molecular weight excluding hydrogens is 408 g/mol. The van der Waals surface area contributed by atoms with Crippen molar-refractivity contribution in [2.24, 2.45) is 0 Å². The molecule has 1 aromatic heterocycles. The minimum absolute atomic E-state index is 0.0417. The topological polar surface area (TPSA) is 69.0 Å². The zero-order valence-corrected chi connectivity index (χ0v) is 17.9. The molecular formula is C21H23ClN4O2S. The van der Waals surface area contributed by atoms with Gasteiger partial charge in [0.15, 0.2) is 11.0 Å². The molecule has 0 spiro atoms. The van der Waals surface area contributed by atoms with Crippen molar-refractivity contribution in [3.8, 4) is 11.4 Å². The number of amides is 1. The molecule has 0 aliphatic carbocycles. The molecule has 0 saturated carbocycles. The smallest absolute Gasteiger partial charge is 0.230 e. The summed E-state index contributed by atoms with van der Waals surface area (Å²) < 4.78 is 7.08. The number of carbonyl (C=O) groups excluding carboxylic acids is 1. The average Bonchev–Trinajstić information content (AvgIpc) is 3.10. The van der Waals surface area contributed by atoms with Crippen LogP contribution in [-0.4, -0.2) is 46.2 Å². The molecule has 2 aromatic carbocycles. The molecule has 29 heavy (non-hydrogen) atoms. The first-order valence-corrected chi connectivity index (χ1v) is 10.6. The van der Waals surface area contributed by atoms with Gasteiger partial charge >= 0.3 is 0 Å². The fourth-order valence-electron chi connectivity index (χ4n) is 2.85. The Kier molecular flexibility index (Phi) is 7.69. The lowest BCUT2D eigenvalue weighted by Gasteiger charge is -2.13. The summed E-state index contributed by atoms with van der Waals surface area (Å²) in [4.78, 5) is 12.2. The van der Waals surface area contributed by atoms with E-state index in [4.69, 9.17) is 16.3 Å². The van der Waals surface area contributed by atoms with Gasteiger partial charge in [0.2, 0.25) is 5.91 Å². The minimum atomic E-state index is -0.0677. The molecule has 0 saturated heterocycles. The van der Waals surface area contributed by atoms with Crippen molar-refractivity contribution in [1.29, 1.82) is 0 Å². The molecule has 0 aliphatic rings. The Morgan fingerprint density at radius 2 is 1.90 bits per heavy atom. The van der Waals surface area contributed by atoms with E-state index >= 15 is 0 Å². The Bertz CT molecular complexity index is 932. The Hall–Kier alpha value is -2.35. The Morgan fingerprint density at radius 1 is 1.17 bits per heavy atom. The zero-order valence-electron chi connectivity index (χ0n) is 16.3. The van der Waals surface area contributed by atoms with Crippen LogP contribution in [0.5, 0.6) is 0 Å². The van der Waals surface area contributed by atoms with Gasteiger partial charge in [0.25, 0.3) is 0 Å². The lowest BCUT2D eigenvalue weighted by atomic mass is 10.2. The number of nitrogens with zero attached hydrogens (tertiary/aromatic N) is 3. The van der Waals surface area contributed by atoms with Crippen molar-refractivity contribution in [2.75, 3.05) is 19.5 Å². The zero-order chi connectivity index (χ0) is 20.6. The summed E-state index contributed by atoms with van der Waals surface area (Å²) in [6, 6.07) is 17.5. The highest BCUT2D eigenvalue weighted by Gasteiger charge is 2.17. The molecule has 1 unspecified atom stereocenters. The second-order valence-electron chi connectivity index (χ2n) is 6.60. The van der Waals surface area contributed by atoms with Crippen molar-refractivity contribution < 1.29 is 9.53 Å². The van der Waals surface area contributed by atoms with Crippen LogP contribution < -0.4 is 5.32 Å². The van der Waals surface area contributed by atoms with Crippen LogP contribution in [0.3, 0.4) is 0 Å². The highest BCUT2D eigenvalue weighted by Crippen LogP contribution is 2.26. The summed E-state index contributed by atoms with van der Waals surface area (Å²) in [7, 11) is 1.61. The average molecular weight is 431 g/mol. The van der Waals surface area contributed by atoms with Gasteiger partial charge in [-0.25, -0.2) is 0 Å². The number of hydrogen-bond acceptors (Lipinski definition) is 5. The van der Waals surface area contributed by atoms with Gasteiger partial charge in [-0.05, 0) is 36.8 Å². The van der Waals surface area contributed by atoms with Gasteiger partial charge in [0.05, 0.1) is 18.9 Å². The number of carbonyl (C=O) groups is 1. The van der Waals surface area contributed by atoms with Crippen LogP contribution >= 0.6 is 23.4 Å². The number of aromatic nitrogens is 3. The van der Waals surface area contributed by atoms with E-state index in [1.165, 1.54) is 11.8 Å². The predicted molar refractivity (Wildman–Crippen MR) is 116 cm³/mol. The number of methoxy groups -OCH3 is 1. The van der Waals surface area contributed by atoms with Gasteiger partial charge in [-0.1, -0.05) is 53.7 Å². The summed E-state index contributed by atoms with van der Waals surface area (Å²) in [5, 5.41) is 13.0. The summed E-state index contributed by atoms with van der Waals surface area (Å²) >= 11 is 7.39. The highest BCUT2D eigenvalue weighted by atomic mass is 35.5. The molecule has 0 bridgehead atoms. The molecule has 3 rings (SSSR count). The van der Waals surface area contributed by atoms with E-state index in [1.807, 2.05) is 54.0 Å². The SMILES string of the molecule is COCC(C)NC(=O)CSc1nnc(-c2ccc(Cl)cc2)n1Cc1ccccc1. The molecule has 0 radical (unpaired) electrons. The third kappa shape index (κ3) is 6.06. The van der Waals surface area contributed by atoms with Gasteiger partial charge in [-0.3, -0.25) is 9.36 Å². The second kappa shape index (κ2) is 10.4. The number of halogens is 1. The van der Waals surface area contributed by atoms with Gasteiger partial charge in [-0.2, -0.15) is 0 Å². The van der Waals surface area contributed by atoms with Crippen LogP contribution in [0.1, 0.15) is 12.5 Å². The van der Waals surface area contributed by atoms with Crippen molar-refractivity contribution in [3.63, 3.8) is 0 Å². The van der Waals surface area contributed by atoms with E-state index in [0.29, 0.717) is 23.3 Å². The minimum Gasteiger partial charge on any atom is -0.383 e. The first-order valence-electron chi connectivity index (χ1n) is 9.21. The van der Waals surface area contributed by atoms with E-state index < -0.39 is 0 Å². The van der Waals surface area contributed by atoms with E-state index in [1.54, 1.807) is 7.11 Å². The molecule has 8 heteroatoms. The molecule has 0 aliphatic heterocycles. The van der Waals surface area contributed by atoms with Gasteiger partial charge in [-0.15, -0.1) is 10.2 Å². The molecule has 6 nitrogen and oxygen atoms in total. The summed E-state index contributed by atoms with van der Waals surface area (Å²) in [5.41, 5.74) is 2.05. The Balaban J connectivity index is 1.81. The number of hydrogen-bond donors (Lipinski definition) is 1. The van der Waals surface area contributed by atoms with E-state index in [-0.39, 0.29) is 17.7 Å². The quantitative estimate of drug-likeness (QED) is 0.521. The fraction of sp³-hybridized carbons (Fsp3) is 0.286. The van der Waals surface area contributed by atoms with Crippen LogP contribution in [0.2, 0.25) is 5.02 Å².